The summed E-state index contributed by atoms with van der Waals surface area (Å²) in [6.07, 6.45) is 0. The summed E-state index contributed by atoms with van der Waals surface area (Å²) in [6, 6.07) is 11.5. The lowest BCUT2D eigenvalue weighted by Crippen LogP contribution is -2.18. The standard InChI is InChI=1S/C12H17NO.C2H3N/c1-4-13-12(10(2)3)14-11-8-6-5-7-9-11;1-2-3/h5-9,13H,4H2,1-3H3;1H3. The number of nitriles is 1. The van der Waals surface area contributed by atoms with Crippen LogP contribution in [0.5, 0.6) is 5.75 Å². The maximum Gasteiger partial charge on any atom is 0.192 e. The first-order chi connectivity index (χ1) is 8.15. The first-order valence-corrected chi connectivity index (χ1v) is 5.60. The van der Waals surface area contributed by atoms with Crippen molar-refractivity contribution in [1.82, 2.24) is 5.32 Å². The van der Waals surface area contributed by atoms with Gasteiger partial charge in [-0.15, -0.1) is 0 Å². The number of benzene rings is 1. The second-order valence-electron chi connectivity index (χ2n) is 3.50. The molecule has 3 heteroatoms. The molecule has 0 unspecified atom stereocenters. The van der Waals surface area contributed by atoms with Crippen LogP contribution in [-0.2, 0) is 0 Å². The summed E-state index contributed by atoms with van der Waals surface area (Å²) < 4.78 is 5.68. The summed E-state index contributed by atoms with van der Waals surface area (Å²) >= 11 is 0. The third-order valence-electron chi connectivity index (χ3n) is 1.75. The van der Waals surface area contributed by atoms with Gasteiger partial charge in [0.2, 0.25) is 0 Å². The zero-order chi connectivity index (χ0) is 13.1. The van der Waals surface area contributed by atoms with Gasteiger partial charge in [-0.1, -0.05) is 18.2 Å². The Morgan fingerprint density at radius 1 is 1.29 bits per heavy atom. The van der Waals surface area contributed by atoms with Crippen molar-refractivity contribution in [2.24, 2.45) is 0 Å². The van der Waals surface area contributed by atoms with Gasteiger partial charge >= 0.3 is 0 Å². The Balaban J connectivity index is 0.000000770. The predicted molar refractivity (Wildman–Crippen MR) is 70.4 cm³/mol. The van der Waals surface area contributed by atoms with Crippen molar-refractivity contribution in [3.8, 4) is 11.8 Å². The average molecular weight is 232 g/mol. The fourth-order valence-corrected chi connectivity index (χ4v) is 1.08. The van der Waals surface area contributed by atoms with Crippen LogP contribution in [0.2, 0.25) is 0 Å². The largest absolute Gasteiger partial charge is 0.442 e. The Morgan fingerprint density at radius 3 is 2.24 bits per heavy atom. The molecule has 0 saturated heterocycles. The van der Waals surface area contributed by atoms with Crippen LogP contribution in [0.4, 0.5) is 0 Å². The third-order valence-corrected chi connectivity index (χ3v) is 1.75. The number of nitrogens with zero attached hydrogens (tertiary/aromatic N) is 1. The van der Waals surface area contributed by atoms with Crippen LogP contribution < -0.4 is 10.1 Å². The topological polar surface area (TPSA) is 45.0 Å². The van der Waals surface area contributed by atoms with Crippen LogP contribution in [0.1, 0.15) is 27.7 Å². The van der Waals surface area contributed by atoms with Crippen molar-refractivity contribution in [2.45, 2.75) is 27.7 Å². The third kappa shape index (κ3) is 7.02. The van der Waals surface area contributed by atoms with Crippen LogP contribution in [-0.4, -0.2) is 6.54 Å². The van der Waals surface area contributed by atoms with E-state index in [4.69, 9.17) is 10.00 Å². The molecular formula is C14H20N2O. The first kappa shape index (κ1) is 15.0. The van der Waals surface area contributed by atoms with Crippen molar-refractivity contribution < 1.29 is 4.74 Å². The van der Waals surface area contributed by atoms with Gasteiger partial charge in [0.05, 0.1) is 6.07 Å². The van der Waals surface area contributed by atoms with Crippen molar-refractivity contribution in [3.05, 3.63) is 41.8 Å². The Labute approximate surface area is 104 Å². The van der Waals surface area contributed by atoms with Gasteiger partial charge in [-0.3, -0.25) is 0 Å². The Morgan fingerprint density at radius 2 is 1.82 bits per heavy atom. The molecule has 0 radical (unpaired) electrons. The highest BCUT2D eigenvalue weighted by molar-refractivity contribution is 5.23. The van der Waals surface area contributed by atoms with Crippen LogP contribution in [0.25, 0.3) is 0 Å². The number of ether oxygens (including phenoxy) is 1. The Bertz CT molecular complexity index is 373. The van der Waals surface area contributed by atoms with Gasteiger partial charge in [-0.05, 0) is 38.5 Å². The van der Waals surface area contributed by atoms with E-state index in [1.807, 2.05) is 44.2 Å². The van der Waals surface area contributed by atoms with Gasteiger partial charge in [-0.2, -0.15) is 5.26 Å². The quantitative estimate of drug-likeness (QED) is 0.809. The zero-order valence-corrected chi connectivity index (χ0v) is 10.9. The molecule has 1 aromatic carbocycles. The second kappa shape index (κ2) is 9.29. The molecule has 0 aromatic heterocycles. The van der Waals surface area contributed by atoms with E-state index < -0.39 is 0 Å². The number of nitrogens with one attached hydrogen (secondary N) is 1. The molecule has 0 aliphatic heterocycles. The molecule has 0 atom stereocenters. The van der Waals surface area contributed by atoms with Crippen LogP contribution in [0.3, 0.4) is 0 Å². The van der Waals surface area contributed by atoms with E-state index in [0.29, 0.717) is 0 Å². The van der Waals surface area contributed by atoms with E-state index >= 15 is 0 Å². The summed E-state index contributed by atoms with van der Waals surface area (Å²) in [4.78, 5) is 0. The van der Waals surface area contributed by atoms with Crippen molar-refractivity contribution in [1.29, 1.82) is 5.26 Å². The van der Waals surface area contributed by atoms with Gasteiger partial charge in [0.25, 0.3) is 0 Å². The molecule has 17 heavy (non-hydrogen) atoms. The maximum atomic E-state index is 7.32. The SMILES string of the molecule is CC#N.CCNC(Oc1ccccc1)=C(C)C. The van der Waals surface area contributed by atoms with E-state index in [1.165, 1.54) is 6.92 Å². The number of hydrogen-bond donors (Lipinski definition) is 1. The molecule has 0 bridgehead atoms. The minimum Gasteiger partial charge on any atom is -0.442 e. The highest BCUT2D eigenvalue weighted by Gasteiger charge is 2.00. The molecule has 0 spiro atoms. The average Bonchev–Trinajstić information content (AvgIpc) is 2.31. The minimum absolute atomic E-state index is 0.846. The monoisotopic (exact) mass is 232 g/mol. The second-order valence-corrected chi connectivity index (χ2v) is 3.50. The normalized spacial score (nSPS) is 8.18. The predicted octanol–water partition coefficient (Wildman–Crippen LogP) is 3.46. The molecule has 0 saturated carbocycles. The summed E-state index contributed by atoms with van der Waals surface area (Å²) in [7, 11) is 0. The van der Waals surface area contributed by atoms with Crippen LogP contribution >= 0.6 is 0 Å². The number of allylic oxidation sites excluding steroid dienone is 1. The lowest BCUT2D eigenvalue weighted by Gasteiger charge is -2.12. The van der Waals surface area contributed by atoms with E-state index in [-0.39, 0.29) is 0 Å². The van der Waals surface area contributed by atoms with Crippen molar-refractivity contribution in [3.63, 3.8) is 0 Å². The maximum absolute atomic E-state index is 7.32. The van der Waals surface area contributed by atoms with Gasteiger partial charge in [-0.25, -0.2) is 0 Å². The molecule has 3 nitrogen and oxygen atoms in total. The van der Waals surface area contributed by atoms with Gasteiger partial charge in [0.1, 0.15) is 5.75 Å². The van der Waals surface area contributed by atoms with Crippen LogP contribution in [0.15, 0.2) is 41.8 Å². The molecule has 0 aliphatic rings. The zero-order valence-electron chi connectivity index (χ0n) is 10.9. The van der Waals surface area contributed by atoms with E-state index in [2.05, 4.69) is 12.2 Å². The highest BCUT2D eigenvalue weighted by atomic mass is 16.5. The van der Waals surface area contributed by atoms with Gasteiger partial charge in [0.15, 0.2) is 5.88 Å². The lowest BCUT2D eigenvalue weighted by atomic mass is 10.3. The molecule has 1 aromatic rings. The molecular weight excluding hydrogens is 212 g/mol. The number of rotatable bonds is 4. The number of hydrogen-bond acceptors (Lipinski definition) is 3. The molecule has 1 N–H and O–H groups in total. The number of para-hydroxylation sites is 1. The Kier molecular flexibility index (Phi) is 8.22. The molecule has 92 valence electrons. The summed E-state index contributed by atoms with van der Waals surface area (Å²) in [5.74, 6) is 1.71. The van der Waals surface area contributed by atoms with E-state index in [9.17, 15) is 0 Å². The molecule has 0 amide bonds. The minimum atomic E-state index is 0.846. The van der Waals surface area contributed by atoms with Gasteiger partial charge in [0, 0.05) is 13.5 Å². The summed E-state index contributed by atoms with van der Waals surface area (Å²) in [5.41, 5.74) is 1.15. The molecule has 1 rings (SSSR count). The van der Waals surface area contributed by atoms with Crippen molar-refractivity contribution >= 4 is 0 Å². The summed E-state index contributed by atoms with van der Waals surface area (Å²) in [5, 5.41) is 10.5. The van der Waals surface area contributed by atoms with E-state index in [1.54, 1.807) is 6.07 Å². The van der Waals surface area contributed by atoms with Gasteiger partial charge < -0.3 is 10.1 Å². The Hall–Kier alpha value is -1.95. The molecule has 0 fully saturated rings. The van der Waals surface area contributed by atoms with E-state index in [0.717, 1.165) is 23.8 Å². The fraction of sp³-hybridized carbons (Fsp3) is 0.357. The highest BCUT2D eigenvalue weighted by Crippen LogP contribution is 2.13. The molecule has 0 aliphatic carbocycles. The fourth-order valence-electron chi connectivity index (χ4n) is 1.08. The lowest BCUT2D eigenvalue weighted by molar-refractivity contribution is 0.377. The summed E-state index contributed by atoms with van der Waals surface area (Å²) in [6.45, 7) is 8.41. The van der Waals surface area contributed by atoms with Crippen molar-refractivity contribution in [2.75, 3.05) is 6.54 Å². The molecule has 0 heterocycles. The first-order valence-electron chi connectivity index (χ1n) is 5.60. The smallest absolute Gasteiger partial charge is 0.192 e. The van der Waals surface area contributed by atoms with Crippen LogP contribution in [0, 0.1) is 11.3 Å².